The van der Waals surface area contributed by atoms with Gasteiger partial charge >= 0.3 is 0 Å². The Labute approximate surface area is 132 Å². The van der Waals surface area contributed by atoms with Crippen LogP contribution in [0.25, 0.3) is 11.1 Å². The minimum absolute atomic E-state index is 0.111. The van der Waals surface area contributed by atoms with E-state index in [0.717, 1.165) is 16.0 Å². The maximum Gasteiger partial charge on any atom is 0.269 e. The van der Waals surface area contributed by atoms with Gasteiger partial charge in [-0.05, 0) is 47.5 Å². The summed E-state index contributed by atoms with van der Waals surface area (Å²) < 4.78 is 0. The summed E-state index contributed by atoms with van der Waals surface area (Å²) in [6.07, 6.45) is 0. The third kappa shape index (κ3) is 3.35. The van der Waals surface area contributed by atoms with E-state index < -0.39 is 0 Å². The first-order valence-corrected chi connectivity index (χ1v) is 7.62. The van der Waals surface area contributed by atoms with Crippen molar-refractivity contribution >= 4 is 17.4 Å². The second-order valence-electron chi connectivity index (χ2n) is 4.74. The van der Waals surface area contributed by atoms with Gasteiger partial charge in [0.15, 0.2) is 0 Å². The maximum atomic E-state index is 10.7. The lowest BCUT2D eigenvalue weighted by Crippen LogP contribution is -1.87. The van der Waals surface area contributed by atoms with Gasteiger partial charge in [0, 0.05) is 21.9 Å². The number of hydrogen-bond donors (Lipinski definition) is 0. The van der Waals surface area contributed by atoms with Crippen LogP contribution in [-0.4, -0.2) is 4.92 Å². The van der Waals surface area contributed by atoms with Crippen molar-refractivity contribution in [2.75, 3.05) is 0 Å². The van der Waals surface area contributed by atoms with Gasteiger partial charge in [0.2, 0.25) is 0 Å². The molecule has 0 spiro atoms. The number of hydrogen-bond acceptors (Lipinski definition) is 3. The molecule has 22 heavy (non-hydrogen) atoms. The molecule has 0 amide bonds. The van der Waals surface area contributed by atoms with Crippen molar-refractivity contribution < 1.29 is 4.92 Å². The summed E-state index contributed by atoms with van der Waals surface area (Å²) in [5.74, 6) is 0. The topological polar surface area (TPSA) is 43.1 Å². The molecule has 0 saturated heterocycles. The lowest BCUT2D eigenvalue weighted by atomic mass is 10.1. The Bertz CT molecular complexity index is 768. The van der Waals surface area contributed by atoms with E-state index >= 15 is 0 Å². The molecule has 108 valence electrons. The molecule has 0 fully saturated rings. The molecular weight excluding hydrogens is 294 g/mol. The molecule has 0 aliphatic heterocycles. The van der Waals surface area contributed by atoms with E-state index in [1.54, 1.807) is 23.9 Å². The van der Waals surface area contributed by atoms with Crippen LogP contribution in [0.3, 0.4) is 0 Å². The van der Waals surface area contributed by atoms with E-state index in [4.69, 9.17) is 0 Å². The SMILES string of the molecule is O=[N+]([O-])c1ccc(-c2ccc(Sc3ccccc3)cc2)cc1. The van der Waals surface area contributed by atoms with Crippen LogP contribution in [0, 0.1) is 10.1 Å². The fourth-order valence-corrected chi connectivity index (χ4v) is 2.95. The molecule has 3 rings (SSSR count). The largest absolute Gasteiger partial charge is 0.269 e. The smallest absolute Gasteiger partial charge is 0.258 e. The Kier molecular flexibility index (Phi) is 4.21. The van der Waals surface area contributed by atoms with Gasteiger partial charge in [-0.3, -0.25) is 10.1 Å². The highest BCUT2D eigenvalue weighted by molar-refractivity contribution is 7.99. The molecule has 0 saturated carbocycles. The molecule has 3 aromatic carbocycles. The van der Waals surface area contributed by atoms with Gasteiger partial charge in [-0.2, -0.15) is 0 Å². The van der Waals surface area contributed by atoms with Crippen LogP contribution < -0.4 is 0 Å². The Balaban J connectivity index is 1.77. The summed E-state index contributed by atoms with van der Waals surface area (Å²) in [7, 11) is 0. The van der Waals surface area contributed by atoms with Gasteiger partial charge in [0.25, 0.3) is 5.69 Å². The second kappa shape index (κ2) is 6.45. The fraction of sp³-hybridized carbons (Fsp3) is 0. The van der Waals surface area contributed by atoms with Crippen LogP contribution >= 0.6 is 11.8 Å². The van der Waals surface area contributed by atoms with Gasteiger partial charge < -0.3 is 0 Å². The number of nitro groups is 1. The maximum absolute atomic E-state index is 10.7. The Morgan fingerprint density at radius 1 is 0.682 bits per heavy atom. The summed E-state index contributed by atoms with van der Waals surface area (Å²) in [6.45, 7) is 0. The first-order valence-electron chi connectivity index (χ1n) is 6.80. The van der Waals surface area contributed by atoms with Crippen molar-refractivity contribution in [3.63, 3.8) is 0 Å². The molecule has 3 aromatic rings. The van der Waals surface area contributed by atoms with Crippen molar-refractivity contribution in [3.05, 3.63) is 89.0 Å². The highest BCUT2D eigenvalue weighted by atomic mass is 32.2. The second-order valence-corrected chi connectivity index (χ2v) is 5.89. The van der Waals surface area contributed by atoms with Crippen molar-refractivity contribution in [3.8, 4) is 11.1 Å². The minimum atomic E-state index is -0.386. The molecule has 0 atom stereocenters. The van der Waals surface area contributed by atoms with E-state index in [1.807, 2.05) is 30.3 Å². The normalized spacial score (nSPS) is 10.4. The first-order chi connectivity index (χ1) is 10.7. The Morgan fingerprint density at radius 2 is 1.18 bits per heavy atom. The van der Waals surface area contributed by atoms with Gasteiger partial charge in [-0.15, -0.1) is 0 Å². The molecule has 0 unspecified atom stereocenters. The molecule has 0 aromatic heterocycles. The third-order valence-electron chi connectivity index (χ3n) is 3.24. The molecule has 0 heterocycles. The van der Waals surface area contributed by atoms with E-state index in [2.05, 4.69) is 24.3 Å². The molecule has 4 heteroatoms. The van der Waals surface area contributed by atoms with E-state index in [9.17, 15) is 10.1 Å². The zero-order valence-electron chi connectivity index (χ0n) is 11.7. The van der Waals surface area contributed by atoms with Crippen molar-refractivity contribution in [1.82, 2.24) is 0 Å². The van der Waals surface area contributed by atoms with Gasteiger partial charge in [0.1, 0.15) is 0 Å². The number of rotatable bonds is 4. The zero-order chi connectivity index (χ0) is 15.4. The number of nitro benzene ring substituents is 1. The number of non-ortho nitro benzene ring substituents is 1. The summed E-state index contributed by atoms with van der Waals surface area (Å²) in [5, 5.41) is 10.7. The van der Waals surface area contributed by atoms with Crippen molar-refractivity contribution in [2.24, 2.45) is 0 Å². The summed E-state index contributed by atoms with van der Waals surface area (Å²) in [5.41, 5.74) is 2.13. The molecule has 0 bridgehead atoms. The number of benzene rings is 3. The minimum Gasteiger partial charge on any atom is -0.258 e. The molecule has 0 radical (unpaired) electrons. The van der Waals surface area contributed by atoms with Crippen LogP contribution in [-0.2, 0) is 0 Å². The van der Waals surface area contributed by atoms with E-state index in [1.165, 1.54) is 17.0 Å². The molecule has 0 N–H and O–H groups in total. The van der Waals surface area contributed by atoms with Crippen molar-refractivity contribution in [2.45, 2.75) is 9.79 Å². The first kappa shape index (κ1) is 14.4. The fourth-order valence-electron chi connectivity index (χ4n) is 2.12. The van der Waals surface area contributed by atoms with Crippen LogP contribution in [0.4, 0.5) is 5.69 Å². The van der Waals surface area contributed by atoms with Crippen LogP contribution in [0.1, 0.15) is 0 Å². The van der Waals surface area contributed by atoms with Crippen LogP contribution in [0.5, 0.6) is 0 Å². The average molecular weight is 307 g/mol. The molecule has 0 aliphatic rings. The Hall–Kier alpha value is -2.59. The van der Waals surface area contributed by atoms with E-state index in [-0.39, 0.29) is 10.6 Å². The van der Waals surface area contributed by atoms with Crippen LogP contribution in [0.2, 0.25) is 0 Å². The highest BCUT2D eigenvalue weighted by Crippen LogP contribution is 2.30. The summed E-state index contributed by atoms with van der Waals surface area (Å²) in [6, 6.07) is 25.0. The summed E-state index contributed by atoms with van der Waals surface area (Å²) >= 11 is 1.71. The number of nitrogens with zero attached hydrogens (tertiary/aromatic N) is 1. The highest BCUT2D eigenvalue weighted by Gasteiger charge is 2.05. The lowest BCUT2D eigenvalue weighted by molar-refractivity contribution is -0.384. The lowest BCUT2D eigenvalue weighted by Gasteiger charge is -2.04. The quantitative estimate of drug-likeness (QED) is 0.478. The van der Waals surface area contributed by atoms with Crippen LogP contribution in [0.15, 0.2) is 88.7 Å². The standard InChI is InChI=1S/C18H13NO2S/c20-19(21)16-10-6-14(7-11-16)15-8-12-18(13-9-15)22-17-4-2-1-3-5-17/h1-13H. The van der Waals surface area contributed by atoms with Gasteiger partial charge in [-0.1, -0.05) is 42.1 Å². The summed E-state index contributed by atoms with van der Waals surface area (Å²) in [4.78, 5) is 12.6. The zero-order valence-corrected chi connectivity index (χ0v) is 12.5. The monoisotopic (exact) mass is 307 g/mol. The predicted octanol–water partition coefficient (Wildman–Crippen LogP) is 5.41. The van der Waals surface area contributed by atoms with Crippen molar-refractivity contribution in [1.29, 1.82) is 0 Å². The average Bonchev–Trinajstić information content (AvgIpc) is 2.57. The molecule has 0 aliphatic carbocycles. The predicted molar refractivity (Wildman–Crippen MR) is 89.1 cm³/mol. The van der Waals surface area contributed by atoms with Gasteiger partial charge in [0.05, 0.1) is 4.92 Å². The third-order valence-corrected chi connectivity index (χ3v) is 4.26. The Morgan fingerprint density at radius 3 is 1.73 bits per heavy atom. The molecule has 3 nitrogen and oxygen atoms in total. The van der Waals surface area contributed by atoms with Gasteiger partial charge in [-0.25, -0.2) is 0 Å². The molecular formula is C18H13NO2S. The van der Waals surface area contributed by atoms with E-state index in [0.29, 0.717) is 0 Å².